The van der Waals surface area contributed by atoms with Crippen molar-refractivity contribution in [1.29, 1.82) is 0 Å². The first-order valence-electron chi connectivity index (χ1n) is 8.14. The smallest absolute Gasteiger partial charge is 0.338 e. The van der Waals surface area contributed by atoms with Crippen molar-refractivity contribution >= 4 is 39.1 Å². The number of aromatic nitrogens is 1. The summed E-state index contributed by atoms with van der Waals surface area (Å²) in [6.07, 6.45) is 0.686. The lowest BCUT2D eigenvalue weighted by Crippen LogP contribution is -2.28. The summed E-state index contributed by atoms with van der Waals surface area (Å²) >= 11 is 1.45. The molecule has 1 aromatic heterocycles. The van der Waals surface area contributed by atoms with E-state index >= 15 is 0 Å². The second-order valence-electron chi connectivity index (χ2n) is 5.79. The van der Waals surface area contributed by atoms with Gasteiger partial charge in [-0.15, -0.1) is 11.3 Å². The molecule has 0 fully saturated rings. The van der Waals surface area contributed by atoms with Gasteiger partial charge in [-0.3, -0.25) is 4.79 Å². The third-order valence-electron chi connectivity index (χ3n) is 4.09. The molecule has 1 amide bonds. The van der Waals surface area contributed by atoms with E-state index in [1.165, 1.54) is 16.3 Å². The molecule has 6 nitrogen and oxygen atoms in total. The van der Waals surface area contributed by atoms with Crippen molar-refractivity contribution in [1.82, 2.24) is 9.99 Å². The van der Waals surface area contributed by atoms with E-state index in [0.717, 1.165) is 21.5 Å². The van der Waals surface area contributed by atoms with Crippen LogP contribution in [0.5, 0.6) is 0 Å². The van der Waals surface area contributed by atoms with Crippen LogP contribution in [-0.2, 0) is 9.53 Å². The monoisotopic (exact) mass is 365 g/mol. The second-order valence-corrected chi connectivity index (χ2v) is 6.68. The third kappa shape index (κ3) is 3.34. The first-order valence-corrected chi connectivity index (χ1v) is 9.02. The fourth-order valence-electron chi connectivity index (χ4n) is 2.74. The Labute approximate surface area is 153 Å². The number of benzene rings is 2. The van der Waals surface area contributed by atoms with Crippen molar-refractivity contribution < 1.29 is 14.3 Å². The van der Waals surface area contributed by atoms with Crippen LogP contribution in [0.3, 0.4) is 0 Å². The van der Waals surface area contributed by atoms with E-state index in [2.05, 4.69) is 10.1 Å². The van der Waals surface area contributed by atoms with E-state index < -0.39 is 5.97 Å². The minimum atomic E-state index is -0.528. The van der Waals surface area contributed by atoms with Gasteiger partial charge in [0.25, 0.3) is 5.91 Å². The van der Waals surface area contributed by atoms with E-state index in [1.54, 1.807) is 23.7 Å². The number of amides is 1. The number of fused-ring (bicyclic) bond motifs is 1. The van der Waals surface area contributed by atoms with Crippen LogP contribution in [0.4, 0.5) is 0 Å². The Kier molecular flexibility index (Phi) is 4.45. The van der Waals surface area contributed by atoms with Crippen molar-refractivity contribution in [3.63, 3.8) is 0 Å². The molecular formula is C19H15N3O3S. The SMILES string of the molecule is O=C(OCC(=O)N1CCC(c2ccccc2)=N1)c1ccc2ncsc2c1. The molecule has 0 radical (unpaired) electrons. The zero-order valence-corrected chi connectivity index (χ0v) is 14.6. The molecule has 0 aliphatic carbocycles. The molecule has 0 spiro atoms. The molecule has 4 rings (SSSR count). The Balaban J connectivity index is 1.38. The second kappa shape index (κ2) is 7.05. The van der Waals surface area contributed by atoms with Crippen molar-refractivity contribution in [2.75, 3.05) is 13.2 Å². The molecule has 26 heavy (non-hydrogen) atoms. The van der Waals surface area contributed by atoms with Gasteiger partial charge < -0.3 is 4.74 Å². The molecule has 2 aromatic carbocycles. The Hall–Kier alpha value is -3.06. The van der Waals surface area contributed by atoms with Crippen LogP contribution in [0, 0.1) is 0 Å². The van der Waals surface area contributed by atoms with Gasteiger partial charge in [0, 0.05) is 6.42 Å². The minimum absolute atomic E-state index is 0.328. The lowest BCUT2D eigenvalue weighted by atomic mass is 10.1. The molecule has 2 heterocycles. The number of rotatable bonds is 4. The van der Waals surface area contributed by atoms with Gasteiger partial charge in [0.2, 0.25) is 0 Å². The summed E-state index contributed by atoms with van der Waals surface area (Å²) in [6, 6.07) is 14.9. The lowest BCUT2D eigenvalue weighted by molar-refractivity contribution is -0.134. The van der Waals surface area contributed by atoms with Crippen LogP contribution in [-0.4, -0.2) is 40.7 Å². The normalized spacial score (nSPS) is 13.7. The Morgan fingerprint density at radius 3 is 2.85 bits per heavy atom. The van der Waals surface area contributed by atoms with Crippen molar-refractivity contribution in [2.24, 2.45) is 5.10 Å². The number of hydrogen-bond donors (Lipinski definition) is 0. The number of carbonyl (C=O) groups is 2. The minimum Gasteiger partial charge on any atom is -0.452 e. The highest BCUT2D eigenvalue weighted by atomic mass is 32.1. The van der Waals surface area contributed by atoms with Crippen molar-refractivity contribution in [2.45, 2.75) is 6.42 Å². The van der Waals surface area contributed by atoms with Crippen LogP contribution in [0.2, 0.25) is 0 Å². The van der Waals surface area contributed by atoms with E-state index in [9.17, 15) is 9.59 Å². The number of thiazole rings is 1. The summed E-state index contributed by atoms with van der Waals surface area (Å²) in [7, 11) is 0. The fraction of sp³-hybridized carbons (Fsp3) is 0.158. The van der Waals surface area contributed by atoms with Gasteiger partial charge in [-0.2, -0.15) is 5.10 Å². The van der Waals surface area contributed by atoms with Gasteiger partial charge in [-0.1, -0.05) is 30.3 Å². The van der Waals surface area contributed by atoms with Gasteiger partial charge in [0.1, 0.15) is 0 Å². The average molecular weight is 365 g/mol. The molecule has 7 heteroatoms. The van der Waals surface area contributed by atoms with E-state index in [4.69, 9.17) is 4.74 Å². The Morgan fingerprint density at radius 1 is 1.15 bits per heavy atom. The molecule has 0 saturated carbocycles. The highest BCUT2D eigenvalue weighted by Crippen LogP contribution is 2.19. The van der Waals surface area contributed by atoms with E-state index in [-0.39, 0.29) is 12.5 Å². The molecule has 1 aliphatic rings. The summed E-state index contributed by atoms with van der Waals surface area (Å²) in [5.41, 5.74) is 4.82. The number of ether oxygens (including phenoxy) is 1. The molecule has 1 aliphatic heterocycles. The molecule has 130 valence electrons. The third-order valence-corrected chi connectivity index (χ3v) is 4.88. The predicted octanol–water partition coefficient (Wildman–Crippen LogP) is 3.09. The molecular weight excluding hydrogens is 350 g/mol. The van der Waals surface area contributed by atoms with Crippen LogP contribution in [0.25, 0.3) is 10.2 Å². The highest BCUT2D eigenvalue weighted by Gasteiger charge is 2.22. The molecule has 0 atom stereocenters. The first kappa shape index (κ1) is 16.4. The largest absolute Gasteiger partial charge is 0.452 e. The summed E-state index contributed by atoms with van der Waals surface area (Å²) in [5.74, 6) is -0.858. The average Bonchev–Trinajstić information content (AvgIpc) is 3.35. The van der Waals surface area contributed by atoms with Gasteiger partial charge in [-0.25, -0.2) is 14.8 Å². The van der Waals surface area contributed by atoms with Crippen LogP contribution in [0.1, 0.15) is 22.3 Å². The Morgan fingerprint density at radius 2 is 2.00 bits per heavy atom. The number of carbonyl (C=O) groups excluding carboxylic acids is 2. The van der Waals surface area contributed by atoms with E-state index in [1.807, 2.05) is 30.3 Å². The van der Waals surface area contributed by atoms with Crippen LogP contribution in [0.15, 0.2) is 59.1 Å². The zero-order chi connectivity index (χ0) is 17.9. The van der Waals surface area contributed by atoms with Gasteiger partial charge in [0.15, 0.2) is 6.61 Å². The summed E-state index contributed by atoms with van der Waals surface area (Å²) < 4.78 is 6.06. The molecule has 0 N–H and O–H groups in total. The quantitative estimate of drug-likeness (QED) is 0.666. The van der Waals surface area contributed by atoms with Gasteiger partial charge in [0.05, 0.1) is 33.5 Å². The van der Waals surface area contributed by atoms with Gasteiger partial charge >= 0.3 is 5.97 Å². The van der Waals surface area contributed by atoms with Crippen molar-refractivity contribution in [3.8, 4) is 0 Å². The highest BCUT2D eigenvalue weighted by molar-refractivity contribution is 7.16. The maximum Gasteiger partial charge on any atom is 0.338 e. The Bertz CT molecular complexity index is 997. The number of nitrogens with zero attached hydrogens (tertiary/aromatic N) is 3. The standard InChI is InChI=1S/C19H15N3O3S/c23-18(22-9-8-15(21-22)13-4-2-1-3-5-13)11-25-19(24)14-6-7-16-17(10-14)26-12-20-16/h1-7,10,12H,8-9,11H2. The molecule has 0 unspecified atom stereocenters. The zero-order valence-electron chi connectivity index (χ0n) is 13.8. The molecule has 3 aromatic rings. The first-order chi connectivity index (χ1) is 12.7. The number of esters is 1. The fourth-order valence-corrected chi connectivity index (χ4v) is 3.45. The van der Waals surface area contributed by atoms with Crippen molar-refractivity contribution in [3.05, 3.63) is 65.2 Å². The summed E-state index contributed by atoms with van der Waals surface area (Å²) in [6.45, 7) is 0.165. The lowest BCUT2D eigenvalue weighted by Gasteiger charge is -2.11. The molecule has 0 saturated heterocycles. The summed E-state index contributed by atoms with van der Waals surface area (Å²) in [5, 5.41) is 5.71. The maximum absolute atomic E-state index is 12.3. The van der Waals surface area contributed by atoms with E-state index in [0.29, 0.717) is 18.5 Å². The topological polar surface area (TPSA) is 71.9 Å². The maximum atomic E-state index is 12.3. The molecule has 0 bridgehead atoms. The number of hydrazone groups is 1. The van der Waals surface area contributed by atoms with Crippen LogP contribution >= 0.6 is 11.3 Å². The van der Waals surface area contributed by atoms with Crippen LogP contribution < -0.4 is 0 Å². The van der Waals surface area contributed by atoms with Gasteiger partial charge in [-0.05, 0) is 23.8 Å². The predicted molar refractivity (Wildman–Crippen MR) is 99.2 cm³/mol. The number of hydrogen-bond acceptors (Lipinski definition) is 6. The summed E-state index contributed by atoms with van der Waals surface area (Å²) in [4.78, 5) is 28.6.